The highest BCUT2D eigenvalue weighted by molar-refractivity contribution is 7.19. The first-order valence-corrected chi connectivity index (χ1v) is 11.2. The molecule has 0 spiro atoms. The zero-order valence-corrected chi connectivity index (χ0v) is 16.6. The van der Waals surface area contributed by atoms with Crippen molar-refractivity contribution in [3.63, 3.8) is 0 Å². The smallest absolute Gasteiger partial charge is 0.283 e. The van der Waals surface area contributed by atoms with E-state index in [0.717, 1.165) is 30.6 Å². The summed E-state index contributed by atoms with van der Waals surface area (Å²) in [6.45, 7) is 0.844. The summed E-state index contributed by atoms with van der Waals surface area (Å²) in [7, 11) is 0. The molecule has 0 amide bonds. The Hall–Kier alpha value is -1.94. The molecule has 5 rings (SSSR count). The second-order valence-electron chi connectivity index (χ2n) is 8.11. The van der Waals surface area contributed by atoms with Crippen LogP contribution < -0.4 is 5.69 Å². The van der Waals surface area contributed by atoms with Gasteiger partial charge in [-0.25, -0.2) is 4.79 Å². The fraction of sp³-hybridized carbons (Fsp3) is 0.478. The third-order valence-electron chi connectivity index (χ3n) is 6.29. The summed E-state index contributed by atoms with van der Waals surface area (Å²) in [5, 5.41) is 1.26. The molecule has 0 unspecified atom stereocenters. The second kappa shape index (κ2) is 7.23. The lowest BCUT2D eigenvalue weighted by Crippen LogP contribution is -2.27. The number of aryl methyl sites for hydroxylation is 2. The molecule has 0 atom stereocenters. The third kappa shape index (κ3) is 3.14. The lowest BCUT2D eigenvalue weighted by Gasteiger charge is -2.22. The first-order chi connectivity index (χ1) is 13.3. The summed E-state index contributed by atoms with van der Waals surface area (Å²) in [6.07, 6.45) is 11.2. The predicted octanol–water partition coefficient (Wildman–Crippen LogP) is 5.58. The molecule has 0 saturated heterocycles. The summed E-state index contributed by atoms with van der Waals surface area (Å²) >= 11 is 1.86. The van der Waals surface area contributed by atoms with Crippen LogP contribution in [0, 0.1) is 5.92 Å². The van der Waals surface area contributed by atoms with E-state index in [2.05, 4.69) is 17.1 Å². The largest absolute Gasteiger partial charge is 0.349 e. The number of hydrogen-bond acceptors (Lipinski definition) is 3. The maximum absolute atomic E-state index is 13.1. The average Bonchev–Trinajstić information content (AvgIpc) is 3.11. The lowest BCUT2D eigenvalue weighted by molar-refractivity contribution is 0.319. The quantitative estimate of drug-likeness (QED) is 0.596. The molecule has 1 aromatic carbocycles. The molecule has 1 saturated carbocycles. The molecule has 2 aromatic heterocycles. The number of hydrogen-bond donors (Lipinski definition) is 0. The zero-order chi connectivity index (χ0) is 18.2. The lowest BCUT2D eigenvalue weighted by atomic mass is 9.89. The van der Waals surface area contributed by atoms with E-state index >= 15 is 0 Å². The highest BCUT2D eigenvalue weighted by Gasteiger charge is 2.24. The topological polar surface area (TPSA) is 34.9 Å². The predicted molar refractivity (Wildman–Crippen MR) is 113 cm³/mol. The third-order valence-corrected chi connectivity index (χ3v) is 7.60. The SMILES string of the molecule is O=c1nc(-c2ccccc2)c2c3c(sc2n1CC1CCCCC1)CCCC3. The van der Waals surface area contributed by atoms with Crippen molar-refractivity contribution in [3.8, 4) is 11.3 Å². The van der Waals surface area contributed by atoms with Crippen LogP contribution in [-0.2, 0) is 19.4 Å². The highest BCUT2D eigenvalue weighted by Crippen LogP contribution is 2.40. The van der Waals surface area contributed by atoms with Crippen LogP contribution in [0.2, 0.25) is 0 Å². The Morgan fingerprint density at radius 2 is 1.78 bits per heavy atom. The molecular weight excluding hydrogens is 352 g/mol. The Morgan fingerprint density at radius 1 is 1.00 bits per heavy atom. The van der Waals surface area contributed by atoms with Gasteiger partial charge < -0.3 is 0 Å². The van der Waals surface area contributed by atoms with Crippen LogP contribution in [0.5, 0.6) is 0 Å². The number of thiophene rings is 1. The van der Waals surface area contributed by atoms with Crippen LogP contribution >= 0.6 is 11.3 Å². The Kier molecular flexibility index (Phi) is 4.60. The van der Waals surface area contributed by atoms with Crippen molar-refractivity contribution in [2.24, 2.45) is 5.92 Å². The number of nitrogens with zero attached hydrogens (tertiary/aromatic N) is 2. The Morgan fingerprint density at radius 3 is 2.59 bits per heavy atom. The zero-order valence-electron chi connectivity index (χ0n) is 15.7. The summed E-state index contributed by atoms with van der Waals surface area (Å²) < 4.78 is 2.01. The van der Waals surface area contributed by atoms with Gasteiger partial charge in [-0.2, -0.15) is 4.98 Å². The first kappa shape index (κ1) is 17.2. The van der Waals surface area contributed by atoms with Gasteiger partial charge in [-0.15, -0.1) is 11.3 Å². The van der Waals surface area contributed by atoms with Crippen molar-refractivity contribution in [1.29, 1.82) is 0 Å². The standard InChI is InChI=1S/C23H26N2OS/c26-23-24-21(17-11-5-2-6-12-17)20-18-13-7-8-14-19(18)27-22(20)25(23)15-16-9-3-1-4-10-16/h2,5-6,11-12,16H,1,3-4,7-10,13-15H2. The van der Waals surface area contributed by atoms with Gasteiger partial charge in [-0.1, -0.05) is 49.6 Å². The minimum Gasteiger partial charge on any atom is -0.283 e. The molecule has 1 fully saturated rings. The average molecular weight is 379 g/mol. The van der Waals surface area contributed by atoms with E-state index in [-0.39, 0.29) is 5.69 Å². The van der Waals surface area contributed by atoms with Crippen LogP contribution in [-0.4, -0.2) is 9.55 Å². The van der Waals surface area contributed by atoms with Crippen LogP contribution in [0.15, 0.2) is 35.1 Å². The van der Waals surface area contributed by atoms with Gasteiger partial charge >= 0.3 is 5.69 Å². The molecule has 3 aromatic rings. The molecule has 2 aliphatic carbocycles. The minimum absolute atomic E-state index is 0.0643. The van der Waals surface area contributed by atoms with E-state index < -0.39 is 0 Å². The Labute approximate surface area is 164 Å². The summed E-state index contributed by atoms with van der Waals surface area (Å²) in [6, 6.07) is 10.3. The van der Waals surface area contributed by atoms with E-state index in [4.69, 9.17) is 0 Å². The van der Waals surface area contributed by atoms with Crippen molar-refractivity contribution in [1.82, 2.24) is 9.55 Å². The molecule has 2 aliphatic rings. The monoisotopic (exact) mass is 378 g/mol. The van der Waals surface area contributed by atoms with Crippen molar-refractivity contribution < 1.29 is 0 Å². The molecule has 0 radical (unpaired) electrons. The normalized spacial score (nSPS) is 17.9. The van der Waals surface area contributed by atoms with Gasteiger partial charge in [-0.3, -0.25) is 4.57 Å². The number of aromatic nitrogens is 2. The Bertz CT molecular complexity index is 1010. The maximum atomic E-state index is 13.1. The minimum atomic E-state index is -0.0643. The molecule has 4 heteroatoms. The summed E-state index contributed by atoms with van der Waals surface area (Å²) in [4.78, 5) is 20.4. The van der Waals surface area contributed by atoms with Crippen molar-refractivity contribution in [2.45, 2.75) is 64.3 Å². The number of fused-ring (bicyclic) bond motifs is 3. The number of rotatable bonds is 3. The molecule has 3 nitrogen and oxygen atoms in total. The molecule has 140 valence electrons. The molecule has 0 N–H and O–H groups in total. The van der Waals surface area contributed by atoms with Crippen molar-refractivity contribution >= 4 is 21.6 Å². The first-order valence-electron chi connectivity index (χ1n) is 10.4. The second-order valence-corrected chi connectivity index (χ2v) is 9.20. The van der Waals surface area contributed by atoms with E-state index in [1.165, 1.54) is 65.6 Å². The molecule has 0 bridgehead atoms. The van der Waals surface area contributed by atoms with Crippen LogP contribution in [0.3, 0.4) is 0 Å². The van der Waals surface area contributed by atoms with Gasteiger partial charge in [0.05, 0.1) is 5.69 Å². The van der Waals surface area contributed by atoms with Crippen LogP contribution in [0.25, 0.3) is 21.5 Å². The van der Waals surface area contributed by atoms with Gasteiger partial charge in [0.15, 0.2) is 0 Å². The Balaban J connectivity index is 1.71. The molecule has 27 heavy (non-hydrogen) atoms. The maximum Gasteiger partial charge on any atom is 0.349 e. The van der Waals surface area contributed by atoms with E-state index in [0.29, 0.717) is 5.92 Å². The van der Waals surface area contributed by atoms with E-state index in [1.807, 2.05) is 34.1 Å². The highest BCUT2D eigenvalue weighted by atomic mass is 32.1. The van der Waals surface area contributed by atoms with Gasteiger partial charge in [0, 0.05) is 22.4 Å². The number of benzene rings is 1. The van der Waals surface area contributed by atoms with Crippen LogP contribution in [0.1, 0.15) is 55.4 Å². The van der Waals surface area contributed by atoms with Gasteiger partial charge in [-0.05, 0) is 50.0 Å². The van der Waals surface area contributed by atoms with Gasteiger partial charge in [0.1, 0.15) is 4.83 Å². The van der Waals surface area contributed by atoms with Crippen molar-refractivity contribution in [3.05, 3.63) is 51.3 Å². The van der Waals surface area contributed by atoms with Crippen LogP contribution in [0.4, 0.5) is 0 Å². The van der Waals surface area contributed by atoms with E-state index in [1.54, 1.807) is 0 Å². The molecule has 0 aliphatic heterocycles. The molecule has 2 heterocycles. The fourth-order valence-corrected chi connectivity index (χ4v) is 6.27. The van der Waals surface area contributed by atoms with Crippen molar-refractivity contribution in [2.75, 3.05) is 0 Å². The summed E-state index contributed by atoms with van der Waals surface area (Å²) in [5.41, 5.74) is 3.36. The molecular formula is C23H26N2OS. The van der Waals surface area contributed by atoms with Gasteiger partial charge in [0.2, 0.25) is 0 Å². The van der Waals surface area contributed by atoms with E-state index in [9.17, 15) is 4.79 Å². The summed E-state index contributed by atoms with van der Waals surface area (Å²) in [5.74, 6) is 0.628. The van der Waals surface area contributed by atoms with Gasteiger partial charge in [0.25, 0.3) is 0 Å². The fourth-order valence-electron chi connectivity index (χ4n) is 4.88.